The first-order chi connectivity index (χ1) is 11.7. The molecule has 2 aromatic carbocycles. The second-order valence-electron chi connectivity index (χ2n) is 5.51. The summed E-state index contributed by atoms with van der Waals surface area (Å²) in [6, 6.07) is 17.3. The third kappa shape index (κ3) is 3.63. The highest BCUT2D eigenvalue weighted by Crippen LogP contribution is 2.19. The number of benzene rings is 2. The number of hydrogen-bond acceptors (Lipinski definition) is 3. The molecule has 0 radical (unpaired) electrons. The number of ether oxygens (including phenoxy) is 1. The van der Waals surface area contributed by atoms with Gasteiger partial charge in [0.2, 0.25) is 5.91 Å². The van der Waals surface area contributed by atoms with Crippen LogP contribution in [0.15, 0.2) is 60.8 Å². The van der Waals surface area contributed by atoms with Gasteiger partial charge in [-0.15, -0.1) is 0 Å². The lowest BCUT2D eigenvalue weighted by atomic mass is 10.1. The summed E-state index contributed by atoms with van der Waals surface area (Å²) in [6.07, 6.45) is 2.12. The molecule has 1 heterocycles. The van der Waals surface area contributed by atoms with Gasteiger partial charge >= 0.3 is 0 Å². The van der Waals surface area contributed by atoms with Gasteiger partial charge in [-0.2, -0.15) is 5.10 Å². The van der Waals surface area contributed by atoms with E-state index in [-0.39, 0.29) is 5.91 Å². The van der Waals surface area contributed by atoms with Gasteiger partial charge in [0.05, 0.1) is 19.2 Å². The molecule has 0 saturated carbocycles. The fourth-order valence-corrected chi connectivity index (χ4v) is 2.54. The molecular weight excluding hydrogens is 302 g/mol. The van der Waals surface area contributed by atoms with E-state index in [0.717, 1.165) is 22.6 Å². The smallest absolute Gasteiger partial charge is 0.229 e. The van der Waals surface area contributed by atoms with Gasteiger partial charge < -0.3 is 10.1 Å². The van der Waals surface area contributed by atoms with Gasteiger partial charge in [0.15, 0.2) is 5.82 Å². The van der Waals surface area contributed by atoms with Crippen LogP contribution in [0.4, 0.5) is 5.82 Å². The number of carbonyl (C=O) groups is 1. The summed E-state index contributed by atoms with van der Waals surface area (Å²) >= 11 is 0. The van der Waals surface area contributed by atoms with Crippen LogP contribution in [-0.4, -0.2) is 22.8 Å². The van der Waals surface area contributed by atoms with Crippen LogP contribution < -0.4 is 10.1 Å². The topological polar surface area (TPSA) is 56.1 Å². The Labute approximate surface area is 140 Å². The van der Waals surface area contributed by atoms with E-state index in [1.54, 1.807) is 17.9 Å². The lowest BCUT2D eigenvalue weighted by Gasteiger charge is -2.07. The van der Waals surface area contributed by atoms with Gasteiger partial charge in [-0.05, 0) is 36.2 Å². The quantitative estimate of drug-likeness (QED) is 0.784. The van der Waals surface area contributed by atoms with Crippen LogP contribution in [0.1, 0.15) is 11.1 Å². The Bertz CT molecular complexity index is 841. The second-order valence-corrected chi connectivity index (χ2v) is 5.51. The number of hydrogen-bond donors (Lipinski definition) is 1. The third-order valence-corrected chi connectivity index (χ3v) is 3.70. The fraction of sp³-hybridized carbons (Fsp3) is 0.158. The molecule has 1 amide bonds. The molecule has 0 atom stereocenters. The summed E-state index contributed by atoms with van der Waals surface area (Å²) in [6.45, 7) is 1.96. The van der Waals surface area contributed by atoms with Crippen molar-refractivity contribution in [2.24, 2.45) is 0 Å². The van der Waals surface area contributed by atoms with Gasteiger partial charge in [-0.1, -0.05) is 30.3 Å². The standard InChI is InChI=1S/C19H19N3O2/c1-14-12-15(8-9-17(14)24-2)13-19(23)20-18-10-11-22(21-18)16-6-4-3-5-7-16/h3-12H,13H2,1-2H3,(H,20,21,23). The number of anilines is 1. The molecule has 3 aromatic rings. The Morgan fingerprint density at radius 3 is 2.67 bits per heavy atom. The highest BCUT2D eigenvalue weighted by atomic mass is 16.5. The largest absolute Gasteiger partial charge is 0.496 e. The van der Waals surface area contributed by atoms with Crippen LogP contribution in [0.3, 0.4) is 0 Å². The second kappa shape index (κ2) is 7.00. The molecule has 3 rings (SSSR count). The van der Waals surface area contributed by atoms with Gasteiger partial charge in [0.25, 0.3) is 0 Å². The Kier molecular flexibility index (Phi) is 4.61. The number of carbonyl (C=O) groups excluding carboxylic acids is 1. The molecule has 0 unspecified atom stereocenters. The van der Waals surface area contributed by atoms with Gasteiger partial charge in [-0.3, -0.25) is 4.79 Å². The fourth-order valence-electron chi connectivity index (χ4n) is 2.54. The maximum atomic E-state index is 12.2. The van der Waals surface area contributed by atoms with Crippen molar-refractivity contribution in [3.63, 3.8) is 0 Å². The Balaban J connectivity index is 1.65. The predicted octanol–water partition coefficient (Wildman–Crippen LogP) is 3.37. The van der Waals surface area contributed by atoms with Crippen molar-refractivity contribution in [3.8, 4) is 11.4 Å². The summed E-state index contributed by atoms with van der Waals surface area (Å²) in [7, 11) is 1.64. The highest BCUT2D eigenvalue weighted by Gasteiger charge is 2.08. The summed E-state index contributed by atoms with van der Waals surface area (Å²) in [5.41, 5.74) is 2.90. The predicted molar refractivity (Wildman–Crippen MR) is 93.6 cm³/mol. The first-order valence-electron chi connectivity index (χ1n) is 7.70. The average molecular weight is 321 g/mol. The van der Waals surface area contributed by atoms with E-state index in [1.807, 2.05) is 61.7 Å². The molecule has 0 fully saturated rings. The monoisotopic (exact) mass is 321 g/mol. The van der Waals surface area contributed by atoms with Crippen molar-refractivity contribution < 1.29 is 9.53 Å². The summed E-state index contributed by atoms with van der Waals surface area (Å²) < 4.78 is 6.96. The minimum atomic E-state index is -0.0992. The molecule has 0 aliphatic heterocycles. The lowest BCUT2D eigenvalue weighted by Crippen LogP contribution is -2.15. The molecule has 24 heavy (non-hydrogen) atoms. The highest BCUT2D eigenvalue weighted by molar-refractivity contribution is 5.91. The molecule has 5 heteroatoms. The van der Waals surface area contributed by atoms with E-state index < -0.39 is 0 Å². The van der Waals surface area contributed by atoms with Crippen molar-refractivity contribution in [2.45, 2.75) is 13.3 Å². The van der Waals surface area contributed by atoms with Crippen LogP contribution in [0.2, 0.25) is 0 Å². The van der Waals surface area contributed by atoms with Crippen LogP contribution in [0, 0.1) is 6.92 Å². The van der Waals surface area contributed by atoms with Crippen LogP contribution in [-0.2, 0) is 11.2 Å². The Morgan fingerprint density at radius 2 is 1.96 bits per heavy atom. The van der Waals surface area contributed by atoms with E-state index in [9.17, 15) is 4.79 Å². The first kappa shape index (κ1) is 15.8. The number of aryl methyl sites for hydroxylation is 1. The van der Waals surface area contributed by atoms with Crippen LogP contribution >= 0.6 is 0 Å². The SMILES string of the molecule is COc1ccc(CC(=O)Nc2ccn(-c3ccccc3)n2)cc1C. The zero-order chi connectivity index (χ0) is 16.9. The number of methoxy groups -OCH3 is 1. The van der Waals surface area contributed by atoms with Crippen molar-refractivity contribution in [1.82, 2.24) is 9.78 Å². The minimum Gasteiger partial charge on any atom is -0.496 e. The zero-order valence-corrected chi connectivity index (χ0v) is 13.7. The van der Waals surface area contributed by atoms with E-state index in [1.165, 1.54) is 0 Å². The summed E-state index contributed by atoms with van der Waals surface area (Å²) in [4.78, 5) is 12.2. The first-order valence-corrected chi connectivity index (χ1v) is 7.70. The summed E-state index contributed by atoms with van der Waals surface area (Å²) in [5, 5.41) is 7.20. The molecule has 0 spiro atoms. The molecule has 0 aliphatic carbocycles. The summed E-state index contributed by atoms with van der Waals surface area (Å²) in [5.74, 6) is 1.26. The van der Waals surface area contributed by atoms with Crippen molar-refractivity contribution in [1.29, 1.82) is 0 Å². The number of para-hydroxylation sites is 1. The average Bonchev–Trinajstić information content (AvgIpc) is 3.04. The number of aromatic nitrogens is 2. The number of nitrogens with zero attached hydrogens (tertiary/aromatic N) is 2. The van der Waals surface area contributed by atoms with Crippen molar-refractivity contribution in [2.75, 3.05) is 12.4 Å². The molecule has 5 nitrogen and oxygen atoms in total. The molecule has 0 aliphatic rings. The van der Waals surface area contributed by atoms with Gasteiger partial charge in [-0.25, -0.2) is 4.68 Å². The Morgan fingerprint density at radius 1 is 1.17 bits per heavy atom. The number of amides is 1. The molecule has 1 N–H and O–H groups in total. The van der Waals surface area contributed by atoms with Gasteiger partial charge in [0.1, 0.15) is 5.75 Å². The van der Waals surface area contributed by atoms with E-state index in [0.29, 0.717) is 12.2 Å². The molecule has 122 valence electrons. The Hall–Kier alpha value is -3.08. The van der Waals surface area contributed by atoms with Crippen LogP contribution in [0.5, 0.6) is 5.75 Å². The van der Waals surface area contributed by atoms with E-state index >= 15 is 0 Å². The van der Waals surface area contributed by atoms with Crippen molar-refractivity contribution >= 4 is 11.7 Å². The zero-order valence-electron chi connectivity index (χ0n) is 13.7. The third-order valence-electron chi connectivity index (χ3n) is 3.70. The van der Waals surface area contributed by atoms with E-state index in [2.05, 4.69) is 10.4 Å². The molecular formula is C19H19N3O2. The molecule has 0 bridgehead atoms. The number of rotatable bonds is 5. The number of nitrogens with one attached hydrogen (secondary N) is 1. The maximum absolute atomic E-state index is 12.2. The normalized spacial score (nSPS) is 10.4. The van der Waals surface area contributed by atoms with Crippen molar-refractivity contribution in [3.05, 3.63) is 71.9 Å². The molecule has 1 aromatic heterocycles. The maximum Gasteiger partial charge on any atom is 0.229 e. The van der Waals surface area contributed by atoms with E-state index in [4.69, 9.17) is 4.74 Å². The minimum absolute atomic E-state index is 0.0992. The molecule has 0 saturated heterocycles. The van der Waals surface area contributed by atoms with Crippen LogP contribution in [0.25, 0.3) is 5.69 Å². The lowest BCUT2D eigenvalue weighted by molar-refractivity contribution is -0.115. The van der Waals surface area contributed by atoms with Gasteiger partial charge in [0, 0.05) is 12.3 Å².